The zero-order valence-electron chi connectivity index (χ0n) is 12.6. The third-order valence-electron chi connectivity index (χ3n) is 4.15. The van der Waals surface area contributed by atoms with Crippen molar-refractivity contribution in [1.82, 2.24) is 10.2 Å². The number of nitrogens with one attached hydrogen (secondary N) is 1. The third-order valence-corrected chi connectivity index (χ3v) is 4.15. The zero-order chi connectivity index (χ0) is 15.4. The van der Waals surface area contributed by atoms with Crippen LogP contribution in [0.15, 0.2) is 18.2 Å². The summed E-state index contributed by atoms with van der Waals surface area (Å²) < 4.78 is 26.0. The molecular weight excluding hydrogens is 274 g/mol. The number of hydrogen-bond donors (Lipinski definition) is 2. The second-order valence-corrected chi connectivity index (χ2v) is 6.09. The number of likely N-dealkylation sites (tertiary alicyclic amines) is 1. The summed E-state index contributed by atoms with van der Waals surface area (Å²) in [6.07, 6.45) is 0.342. The van der Waals surface area contributed by atoms with Crippen LogP contribution in [-0.2, 0) is 0 Å². The Labute approximate surface area is 125 Å². The second kappa shape index (κ2) is 7.29. The van der Waals surface area contributed by atoms with Crippen LogP contribution in [0.3, 0.4) is 0 Å². The number of benzene rings is 1. The maximum Gasteiger partial charge on any atom is 0.159 e. The maximum atomic E-state index is 13.1. The summed E-state index contributed by atoms with van der Waals surface area (Å²) in [4.78, 5) is 2.44. The topological polar surface area (TPSA) is 35.5 Å². The molecule has 1 aromatic rings. The minimum Gasteiger partial charge on any atom is -0.387 e. The predicted octanol–water partition coefficient (Wildman–Crippen LogP) is 2.32. The van der Waals surface area contributed by atoms with Gasteiger partial charge in [-0.05, 0) is 57.0 Å². The highest BCUT2D eigenvalue weighted by Crippen LogP contribution is 2.19. The van der Waals surface area contributed by atoms with Gasteiger partial charge in [0.25, 0.3) is 0 Å². The molecule has 1 aromatic carbocycles. The van der Waals surface area contributed by atoms with Gasteiger partial charge < -0.3 is 15.3 Å². The molecule has 0 saturated carbocycles. The summed E-state index contributed by atoms with van der Waals surface area (Å²) in [6, 6.07) is 4.09. The molecule has 1 aliphatic heterocycles. The number of aliphatic hydroxyl groups is 1. The lowest BCUT2D eigenvalue weighted by Gasteiger charge is -2.20. The zero-order valence-corrected chi connectivity index (χ0v) is 12.6. The van der Waals surface area contributed by atoms with Gasteiger partial charge in [0.2, 0.25) is 0 Å². The second-order valence-electron chi connectivity index (χ2n) is 6.09. The number of nitrogens with zero attached hydrogens (tertiary/aromatic N) is 1. The Balaban J connectivity index is 1.74. The van der Waals surface area contributed by atoms with Gasteiger partial charge in [0.15, 0.2) is 11.6 Å². The maximum absolute atomic E-state index is 13.1. The first kappa shape index (κ1) is 16.3. The van der Waals surface area contributed by atoms with Crippen LogP contribution in [0.1, 0.15) is 31.9 Å². The Morgan fingerprint density at radius 1 is 1.33 bits per heavy atom. The fourth-order valence-corrected chi connectivity index (χ4v) is 2.76. The van der Waals surface area contributed by atoms with Crippen molar-refractivity contribution in [2.45, 2.75) is 32.4 Å². The van der Waals surface area contributed by atoms with E-state index in [1.807, 2.05) is 0 Å². The van der Waals surface area contributed by atoms with E-state index in [1.54, 1.807) is 0 Å². The summed E-state index contributed by atoms with van der Waals surface area (Å²) in [5.41, 5.74) is 0.400. The summed E-state index contributed by atoms with van der Waals surface area (Å²) in [5, 5.41) is 13.2. The largest absolute Gasteiger partial charge is 0.387 e. The van der Waals surface area contributed by atoms with E-state index in [2.05, 4.69) is 24.1 Å². The molecule has 118 valence electrons. The van der Waals surface area contributed by atoms with Gasteiger partial charge in [-0.1, -0.05) is 6.07 Å². The van der Waals surface area contributed by atoms with Crippen LogP contribution in [-0.4, -0.2) is 42.2 Å². The van der Waals surface area contributed by atoms with Crippen LogP contribution in [0.25, 0.3) is 0 Å². The molecule has 1 heterocycles. The SMILES string of the molecule is CC(C)N1CCC(CNCC(O)c2ccc(F)c(F)c2)C1. The lowest BCUT2D eigenvalue weighted by Crippen LogP contribution is -2.32. The van der Waals surface area contributed by atoms with Gasteiger partial charge in [-0.25, -0.2) is 8.78 Å². The van der Waals surface area contributed by atoms with Crippen molar-refractivity contribution in [2.24, 2.45) is 5.92 Å². The molecule has 0 bridgehead atoms. The molecular formula is C16H24F2N2O. The van der Waals surface area contributed by atoms with E-state index >= 15 is 0 Å². The smallest absolute Gasteiger partial charge is 0.159 e. The molecule has 2 N–H and O–H groups in total. The van der Waals surface area contributed by atoms with Gasteiger partial charge in [0.05, 0.1) is 6.10 Å². The van der Waals surface area contributed by atoms with Crippen molar-refractivity contribution in [1.29, 1.82) is 0 Å². The fourth-order valence-electron chi connectivity index (χ4n) is 2.76. The number of hydrogen-bond acceptors (Lipinski definition) is 3. The molecule has 0 aliphatic carbocycles. The van der Waals surface area contributed by atoms with E-state index in [1.165, 1.54) is 6.07 Å². The highest BCUT2D eigenvalue weighted by molar-refractivity contribution is 5.20. The van der Waals surface area contributed by atoms with Gasteiger partial charge >= 0.3 is 0 Å². The van der Waals surface area contributed by atoms with Crippen molar-refractivity contribution >= 4 is 0 Å². The Hall–Kier alpha value is -1.04. The molecule has 2 atom stereocenters. The molecule has 0 radical (unpaired) electrons. The van der Waals surface area contributed by atoms with Crippen LogP contribution in [0, 0.1) is 17.6 Å². The highest BCUT2D eigenvalue weighted by Gasteiger charge is 2.23. The summed E-state index contributed by atoms with van der Waals surface area (Å²) in [7, 11) is 0. The first-order valence-electron chi connectivity index (χ1n) is 7.55. The van der Waals surface area contributed by atoms with Gasteiger partial charge in [0.1, 0.15) is 0 Å². The van der Waals surface area contributed by atoms with Crippen molar-refractivity contribution in [3.63, 3.8) is 0 Å². The average molecular weight is 298 g/mol. The normalized spacial score (nSPS) is 21.1. The number of halogens is 2. The van der Waals surface area contributed by atoms with Crippen LogP contribution >= 0.6 is 0 Å². The van der Waals surface area contributed by atoms with Crippen LogP contribution in [0.5, 0.6) is 0 Å². The number of rotatable bonds is 6. The first-order valence-corrected chi connectivity index (χ1v) is 7.55. The summed E-state index contributed by atoms with van der Waals surface area (Å²) in [5.74, 6) is -1.22. The molecule has 0 spiro atoms. The molecule has 5 heteroatoms. The van der Waals surface area contributed by atoms with Crippen LogP contribution in [0.4, 0.5) is 8.78 Å². The van der Waals surface area contributed by atoms with Crippen molar-refractivity contribution in [3.05, 3.63) is 35.4 Å². The van der Waals surface area contributed by atoms with E-state index in [0.29, 0.717) is 24.1 Å². The molecule has 2 rings (SSSR count). The third kappa shape index (κ3) is 4.46. The van der Waals surface area contributed by atoms with Crippen molar-refractivity contribution in [3.8, 4) is 0 Å². The Bertz CT molecular complexity index is 468. The number of aliphatic hydroxyl groups excluding tert-OH is 1. The highest BCUT2D eigenvalue weighted by atomic mass is 19.2. The van der Waals surface area contributed by atoms with E-state index in [-0.39, 0.29) is 0 Å². The van der Waals surface area contributed by atoms with E-state index in [4.69, 9.17) is 0 Å². The van der Waals surface area contributed by atoms with E-state index in [9.17, 15) is 13.9 Å². The fraction of sp³-hybridized carbons (Fsp3) is 0.625. The lowest BCUT2D eigenvalue weighted by molar-refractivity contribution is 0.171. The molecule has 0 amide bonds. The summed E-state index contributed by atoms with van der Waals surface area (Å²) >= 11 is 0. The Kier molecular flexibility index (Phi) is 5.67. The monoisotopic (exact) mass is 298 g/mol. The predicted molar refractivity (Wildman–Crippen MR) is 79.0 cm³/mol. The summed E-state index contributed by atoms with van der Waals surface area (Å²) in [6.45, 7) is 7.78. The minimum absolute atomic E-state index is 0.350. The van der Waals surface area contributed by atoms with Crippen LogP contribution < -0.4 is 5.32 Å². The first-order chi connectivity index (χ1) is 9.97. The van der Waals surface area contributed by atoms with Crippen LogP contribution in [0.2, 0.25) is 0 Å². The van der Waals surface area contributed by atoms with Gasteiger partial charge in [-0.2, -0.15) is 0 Å². The minimum atomic E-state index is -0.921. The average Bonchev–Trinajstić information content (AvgIpc) is 2.91. The molecule has 1 aliphatic rings. The van der Waals surface area contributed by atoms with E-state index < -0.39 is 17.7 Å². The van der Waals surface area contributed by atoms with Crippen molar-refractivity contribution < 1.29 is 13.9 Å². The standard InChI is InChI=1S/C16H24F2N2O/c1-11(2)20-6-5-12(10-20)8-19-9-16(21)13-3-4-14(17)15(18)7-13/h3-4,7,11-12,16,19,21H,5-6,8-10H2,1-2H3. The quantitative estimate of drug-likeness (QED) is 0.846. The van der Waals surface area contributed by atoms with Gasteiger partial charge in [-0.3, -0.25) is 0 Å². The molecule has 2 unspecified atom stereocenters. The van der Waals surface area contributed by atoms with E-state index in [0.717, 1.165) is 38.2 Å². The van der Waals surface area contributed by atoms with Gasteiger partial charge in [-0.15, -0.1) is 0 Å². The Morgan fingerprint density at radius 3 is 2.71 bits per heavy atom. The molecule has 3 nitrogen and oxygen atoms in total. The molecule has 1 saturated heterocycles. The molecule has 21 heavy (non-hydrogen) atoms. The molecule has 1 fully saturated rings. The lowest BCUT2D eigenvalue weighted by atomic mass is 10.1. The molecule has 0 aromatic heterocycles. The Morgan fingerprint density at radius 2 is 2.10 bits per heavy atom. The van der Waals surface area contributed by atoms with Crippen molar-refractivity contribution in [2.75, 3.05) is 26.2 Å². The van der Waals surface area contributed by atoms with Gasteiger partial charge in [0, 0.05) is 19.1 Å².